The standard InChI is InChI=1S/C18H19N3O5/c1-2-19-18(23)12-26-15-9-7-14(8-10-15)20-17(22)11-13-5-3-4-6-16(13)21(24)25/h3-10H,2,11-12H2,1H3,(H,19,23)(H,20,22). The molecule has 2 aromatic rings. The second-order valence-electron chi connectivity index (χ2n) is 5.38. The van der Waals surface area contributed by atoms with E-state index in [4.69, 9.17) is 4.74 Å². The van der Waals surface area contributed by atoms with Gasteiger partial charge in [-0.15, -0.1) is 0 Å². The molecule has 2 amide bonds. The number of benzene rings is 2. The lowest BCUT2D eigenvalue weighted by molar-refractivity contribution is -0.385. The van der Waals surface area contributed by atoms with Crippen molar-refractivity contribution in [1.82, 2.24) is 5.32 Å². The second kappa shape index (κ2) is 9.16. The molecule has 0 aliphatic heterocycles. The third-order valence-electron chi connectivity index (χ3n) is 3.42. The van der Waals surface area contributed by atoms with Crippen LogP contribution in [0.5, 0.6) is 5.75 Å². The molecule has 2 aromatic carbocycles. The summed E-state index contributed by atoms with van der Waals surface area (Å²) >= 11 is 0. The highest BCUT2D eigenvalue weighted by Gasteiger charge is 2.15. The van der Waals surface area contributed by atoms with Crippen LogP contribution in [0.15, 0.2) is 48.5 Å². The van der Waals surface area contributed by atoms with Crippen molar-refractivity contribution >= 4 is 23.2 Å². The molecule has 2 rings (SSSR count). The summed E-state index contributed by atoms with van der Waals surface area (Å²) in [6.07, 6.45) is -0.105. The Hall–Kier alpha value is -3.42. The van der Waals surface area contributed by atoms with Gasteiger partial charge in [0, 0.05) is 23.9 Å². The summed E-state index contributed by atoms with van der Waals surface area (Å²) in [6.45, 7) is 2.27. The minimum Gasteiger partial charge on any atom is -0.484 e. The van der Waals surface area contributed by atoms with Crippen LogP contribution in [0.25, 0.3) is 0 Å². The number of rotatable bonds is 8. The van der Waals surface area contributed by atoms with Crippen molar-refractivity contribution in [3.63, 3.8) is 0 Å². The van der Waals surface area contributed by atoms with Gasteiger partial charge in [-0.05, 0) is 31.2 Å². The van der Waals surface area contributed by atoms with E-state index in [1.54, 1.807) is 42.5 Å². The SMILES string of the molecule is CCNC(=O)COc1ccc(NC(=O)Cc2ccccc2[N+](=O)[O-])cc1. The summed E-state index contributed by atoms with van der Waals surface area (Å²) in [4.78, 5) is 33.9. The van der Waals surface area contributed by atoms with E-state index >= 15 is 0 Å². The van der Waals surface area contributed by atoms with Crippen molar-refractivity contribution in [3.05, 3.63) is 64.2 Å². The van der Waals surface area contributed by atoms with Crippen LogP contribution in [0, 0.1) is 10.1 Å². The van der Waals surface area contributed by atoms with E-state index in [0.29, 0.717) is 23.5 Å². The van der Waals surface area contributed by atoms with Crippen LogP contribution < -0.4 is 15.4 Å². The Morgan fingerprint density at radius 3 is 2.42 bits per heavy atom. The lowest BCUT2D eigenvalue weighted by atomic mass is 10.1. The number of amides is 2. The van der Waals surface area contributed by atoms with Crippen LogP contribution in [-0.2, 0) is 16.0 Å². The van der Waals surface area contributed by atoms with E-state index < -0.39 is 4.92 Å². The number of carbonyl (C=O) groups excluding carboxylic acids is 2. The maximum atomic E-state index is 12.1. The first-order valence-electron chi connectivity index (χ1n) is 8.01. The van der Waals surface area contributed by atoms with E-state index in [1.165, 1.54) is 6.07 Å². The molecule has 0 heterocycles. The highest BCUT2D eigenvalue weighted by molar-refractivity contribution is 5.92. The van der Waals surface area contributed by atoms with Crippen molar-refractivity contribution in [1.29, 1.82) is 0 Å². The number of anilines is 1. The largest absolute Gasteiger partial charge is 0.484 e. The van der Waals surface area contributed by atoms with E-state index in [0.717, 1.165) is 0 Å². The second-order valence-corrected chi connectivity index (χ2v) is 5.38. The Balaban J connectivity index is 1.91. The number of nitrogens with zero attached hydrogens (tertiary/aromatic N) is 1. The number of para-hydroxylation sites is 1. The molecular weight excluding hydrogens is 338 g/mol. The molecule has 26 heavy (non-hydrogen) atoms. The van der Waals surface area contributed by atoms with E-state index in [2.05, 4.69) is 10.6 Å². The van der Waals surface area contributed by atoms with Crippen molar-refractivity contribution in [2.45, 2.75) is 13.3 Å². The average Bonchev–Trinajstić information content (AvgIpc) is 2.61. The molecule has 2 N–H and O–H groups in total. The molecule has 0 aromatic heterocycles. The zero-order valence-corrected chi connectivity index (χ0v) is 14.2. The number of hydrogen-bond donors (Lipinski definition) is 2. The molecule has 8 heteroatoms. The van der Waals surface area contributed by atoms with Crippen molar-refractivity contribution in [3.8, 4) is 5.75 Å². The van der Waals surface area contributed by atoms with Gasteiger partial charge in [0.1, 0.15) is 5.75 Å². The van der Waals surface area contributed by atoms with Gasteiger partial charge in [-0.2, -0.15) is 0 Å². The monoisotopic (exact) mass is 357 g/mol. The van der Waals surface area contributed by atoms with Crippen LogP contribution in [-0.4, -0.2) is 29.9 Å². The van der Waals surface area contributed by atoms with Crippen LogP contribution in [0.2, 0.25) is 0 Å². The summed E-state index contributed by atoms with van der Waals surface area (Å²) in [5, 5.41) is 16.3. The summed E-state index contributed by atoms with van der Waals surface area (Å²) in [5.41, 5.74) is 0.785. The maximum absolute atomic E-state index is 12.1. The molecule has 0 unspecified atom stereocenters. The Morgan fingerprint density at radius 2 is 1.77 bits per heavy atom. The Labute approximate surface area is 150 Å². The lowest BCUT2D eigenvalue weighted by Gasteiger charge is -2.08. The van der Waals surface area contributed by atoms with Gasteiger partial charge in [-0.3, -0.25) is 19.7 Å². The van der Waals surface area contributed by atoms with Gasteiger partial charge in [0.25, 0.3) is 11.6 Å². The highest BCUT2D eigenvalue weighted by Crippen LogP contribution is 2.20. The minimum absolute atomic E-state index is 0.0861. The predicted octanol–water partition coefficient (Wildman–Crippen LogP) is 2.29. The number of nitro benzene ring substituents is 1. The number of hydrogen-bond acceptors (Lipinski definition) is 5. The maximum Gasteiger partial charge on any atom is 0.273 e. The zero-order valence-electron chi connectivity index (χ0n) is 14.2. The number of ether oxygens (including phenoxy) is 1. The first-order valence-corrected chi connectivity index (χ1v) is 8.01. The van der Waals surface area contributed by atoms with Crippen molar-refractivity contribution < 1.29 is 19.2 Å². The van der Waals surface area contributed by atoms with E-state index in [1.807, 2.05) is 6.92 Å². The first kappa shape index (κ1) is 18.9. The number of likely N-dealkylation sites (N-methyl/N-ethyl adjacent to an activating group) is 1. The molecule has 0 aliphatic carbocycles. The molecule has 0 saturated heterocycles. The Bertz CT molecular complexity index is 790. The molecule has 0 bridgehead atoms. The van der Waals surface area contributed by atoms with Gasteiger partial charge >= 0.3 is 0 Å². The quantitative estimate of drug-likeness (QED) is 0.556. The van der Waals surface area contributed by atoms with Gasteiger partial charge in [-0.1, -0.05) is 18.2 Å². The van der Waals surface area contributed by atoms with Gasteiger partial charge in [-0.25, -0.2) is 0 Å². The molecule has 136 valence electrons. The predicted molar refractivity (Wildman–Crippen MR) is 96.1 cm³/mol. The molecule has 0 radical (unpaired) electrons. The fraction of sp³-hybridized carbons (Fsp3) is 0.222. The molecule has 0 atom stereocenters. The number of carbonyl (C=O) groups is 2. The van der Waals surface area contributed by atoms with Gasteiger partial charge in [0.2, 0.25) is 5.91 Å². The third-order valence-corrected chi connectivity index (χ3v) is 3.42. The van der Waals surface area contributed by atoms with Gasteiger partial charge in [0.05, 0.1) is 11.3 Å². The summed E-state index contributed by atoms with van der Waals surface area (Å²) in [6, 6.07) is 12.6. The van der Waals surface area contributed by atoms with Crippen LogP contribution in [0.3, 0.4) is 0 Å². The summed E-state index contributed by atoms with van der Waals surface area (Å²) < 4.78 is 5.32. The first-order chi connectivity index (χ1) is 12.5. The summed E-state index contributed by atoms with van der Waals surface area (Å²) in [7, 11) is 0. The number of nitro groups is 1. The summed E-state index contributed by atoms with van der Waals surface area (Å²) in [5.74, 6) is -0.0856. The number of nitrogens with one attached hydrogen (secondary N) is 2. The molecular formula is C18H19N3O5. The van der Waals surface area contributed by atoms with Crippen molar-refractivity contribution in [2.24, 2.45) is 0 Å². The smallest absolute Gasteiger partial charge is 0.273 e. The highest BCUT2D eigenvalue weighted by atomic mass is 16.6. The van der Waals surface area contributed by atoms with Gasteiger partial charge < -0.3 is 15.4 Å². The minimum atomic E-state index is -0.510. The topological polar surface area (TPSA) is 111 Å². The Morgan fingerprint density at radius 1 is 1.08 bits per heavy atom. The lowest BCUT2D eigenvalue weighted by Crippen LogP contribution is -2.28. The normalized spacial score (nSPS) is 10.0. The average molecular weight is 357 g/mol. The third kappa shape index (κ3) is 5.59. The van der Waals surface area contributed by atoms with Crippen LogP contribution in [0.1, 0.15) is 12.5 Å². The van der Waals surface area contributed by atoms with E-state index in [9.17, 15) is 19.7 Å². The molecule has 0 saturated carbocycles. The van der Waals surface area contributed by atoms with Crippen molar-refractivity contribution in [2.75, 3.05) is 18.5 Å². The van der Waals surface area contributed by atoms with Gasteiger partial charge in [0.15, 0.2) is 6.61 Å². The van der Waals surface area contributed by atoms with Crippen LogP contribution >= 0.6 is 0 Å². The van der Waals surface area contributed by atoms with E-state index in [-0.39, 0.29) is 30.5 Å². The molecule has 8 nitrogen and oxygen atoms in total. The zero-order chi connectivity index (χ0) is 18.9. The van der Waals surface area contributed by atoms with Crippen LogP contribution in [0.4, 0.5) is 11.4 Å². The fourth-order valence-electron chi connectivity index (χ4n) is 2.25. The Kier molecular flexibility index (Phi) is 6.67. The molecule has 0 aliphatic rings. The fourth-order valence-corrected chi connectivity index (χ4v) is 2.25. The molecule has 0 spiro atoms. The molecule has 0 fully saturated rings.